The van der Waals surface area contributed by atoms with Crippen LogP contribution in [0, 0.1) is 6.92 Å². The lowest BCUT2D eigenvalue weighted by Gasteiger charge is -2.26. The third kappa shape index (κ3) is 3.85. The molecule has 3 aromatic rings. The predicted octanol–water partition coefficient (Wildman–Crippen LogP) is 3.89. The first kappa shape index (κ1) is 17.3. The summed E-state index contributed by atoms with van der Waals surface area (Å²) in [5.74, 6) is -0.260. The van der Waals surface area contributed by atoms with Gasteiger partial charge in [0.2, 0.25) is 0 Å². The minimum Gasteiger partial charge on any atom is -0.472 e. The largest absolute Gasteiger partial charge is 0.472 e. The molecule has 0 saturated carbocycles. The Bertz CT molecular complexity index is 981. The predicted molar refractivity (Wildman–Crippen MR) is 103 cm³/mol. The molecule has 1 aliphatic heterocycles. The number of carbonyl (C=O) groups excluding carboxylic acids is 2. The highest BCUT2D eigenvalue weighted by atomic mass is 32.1. The van der Waals surface area contributed by atoms with Crippen LogP contribution in [0.15, 0.2) is 47.3 Å². The van der Waals surface area contributed by atoms with Crippen molar-refractivity contribution in [2.45, 2.75) is 19.9 Å². The first-order valence-corrected chi connectivity index (χ1v) is 9.35. The van der Waals surface area contributed by atoms with Crippen LogP contribution in [0.2, 0.25) is 0 Å². The van der Waals surface area contributed by atoms with Crippen LogP contribution in [0.1, 0.15) is 26.5 Å². The average Bonchev–Trinajstić information content (AvgIpc) is 3.30. The van der Waals surface area contributed by atoms with Gasteiger partial charge in [0.15, 0.2) is 5.13 Å². The average molecular weight is 382 g/mol. The van der Waals surface area contributed by atoms with E-state index in [9.17, 15) is 9.59 Å². The number of carbonyl (C=O) groups is 2. The maximum atomic E-state index is 12.5. The van der Waals surface area contributed by atoms with Gasteiger partial charge in [-0.2, -0.15) is 0 Å². The van der Waals surface area contributed by atoms with Gasteiger partial charge < -0.3 is 14.6 Å². The molecule has 4 rings (SSSR count). The monoisotopic (exact) mass is 382 g/mol. The first-order valence-electron chi connectivity index (χ1n) is 8.53. The Hall–Kier alpha value is -3.13. The summed E-state index contributed by atoms with van der Waals surface area (Å²) in [6.45, 7) is 3.05. The number of hydrogen-bond acceptors (Lipinski definition) is 5. The van der Waals surface area contributed by atoms with Crippen molar-refractivity contribution in [3.05, 3.63) is 64.6 Å². The quantitative estimate of drug-likeness (QED) is 0.719. The maximum Gasteiger partial charge on any atom is 0.322 e. The maximum absolute atomic E-state index is 12.5. The van der Waals surface area contributed by atoms with Gasteiger partial charge in [-0.05, 0) is 30.7 Å². The number of furan rings is 1. The van der Waals surface area contributed by atoms with E-state index in [0.717, 1.165) is 21.8 Å². The number of hydrogen-bond donors (Lipinski definition) is 2. The topological polar surface area (TPSA) is 87.5 Å². The number of benzene rings is 1. The van der Waals surface area contributed by atoms with E-state index in [1.807, 2.05) is 31.2 Å². The normalized spacial score (nSPS) is 13.1. The van der Waals surface area contributed by atoms with E-state index in [2.05, 4.69) is 15.6 Å². The lowest BCUT2D eigenvalue weighted by atomic mass is 10.2. The Labute approximate surface area is 160 Å². The standard InChI is InChI=1S/C19H18N4O3S/c1-12-3-2-4-14(9-12)20-19(25)23-7-5-15-16(10-23)27-18(21-15)22-17(24)13-6-8-26-11-13/h2-4,6,8-9,11H,5,7,10H2,1H3,(H,20,25)(H,21,22,24). The zero-order valence-electron chi connectivity index (χ0n) is 14.7. The van der Waals surface area contributed by atoms with Gasteiger partial charge in [0.1, 0.15) is 6.26 Å². The number of urea groups is 1. The molecule has 7 nitrogen and oxygen atoms in total. The summed E-state index contributed by atoms with van der Waals surface area (Å²) in [6.07, 6.45) is 3.50. The molecule has 138 valence electrons. The Morgan fingerprint density at radius 3 is 2.93 bits per heavy atom. The van der Waals surface area contributed by atoms with E-state index < -0.39 is 0 Å². The van der Waals surface area contributed by atoms with Crippen LogP contribution < -0.4 is 10.6 Å². The van der Waals surface area contributed by atoms with Crippen molar-refractivity contribution in [1.29, 1.82) is 0 Å². The molecule has 1 aromatic carbocycles. The summed E-state index contributed by atoms with van der Waals surface area (Å²) in [5, 5.41) is 6.25. The second-order valence-corrected chi connectivity index (χ2v) is 7.41. The van der Waals surface area contributed by atoms with Crippen molar-refractivity contribution in [2.24, 2.45) is 0 Å². The van der Waals surface area contributed by atoms with Crippen LogP contribution in [0.25, 0.3) is 0 Å². The number of anilines is 2. The van der Waals surface area contributed by atoms with Crippen LogP contribution >= 0.6 is 11.3 Å². The van der Waals surface area contributed by atoms with E-state index in [0.29, 0.717) is 30.2 Å². The number of fused-ring (bicyclic) bond motifs is 1. The Morgan fingerprint density at radius 1 is 1.26 bits per heavy atom. The Morgan fingerprint density at radius 2 is 2.15 bits per heavy atom. The van der Waals surface area contributed by atoms with Crippen LogP contribution in [0.3, 0.4) is 0 Å². The van der Waals surface area contributed by atoms with E-state index >= 15 is 0 Å². The number of aromatic nitrogens is 1. The second kappa shape index (κ2) is 7.24. The molecule has 0 fully saturated rings. The summed E-state index contributed by atoms with van der Waals surface area (Å²) in [6, 6.07) is 9.17. The molecule has 3 amide bonds. The lowest BCUT2D eigenvalue weighted by Crippen LogP contribution is -2.38. The van der Waals surface area contributed by atoms with Crippen molar-refractivity contribution < 1.29 is 14.0 Å². The van der Waals surface area contributed by atoms with Crippen molar-refractivity contribution >= 4 is 34.1 Å². The third-order valence-corrected chi connectivity index (χ3v) is 5.29. The number of aryl methyl sites for hydroxylation is 1. The summed E-state index contributed by atoms with van der Waals surface area (Å²) >= 11 is 1.40. The zero-order valence-corrected chi connectivity index (χ0v) is 15.5. The summed E-state index contributed by atoms with van der Waals surface area (Å²) in [5.41, 5.74) is 3.25. The Balaban J connectivity index is 1.41. The molecular weight excluding hydrogens is 364 g/mol. The first-order chi connectivity index (χ1) is 13.1. The molecule has 0 atom stereocenters. The molecule has 0 unspecified atom stereocenters. The van der Waals surface area contributed by atoms with Gasteiger partial charge in [-0.25, -0.2) is 9.78 Å². The minimum atomic E-state index is -0.260. The van der Waals surface area contributed by atoms with Gasteiger partial charge in [-0.15, -0.1) is 0 Å². The molecule has 8 heteroatoms. The summed E-state index contributed by atoms with van der Waals surface area (Å²) in [7, 11) is 0. The van der Waals surface area contributed by atoms with Crippen LogP contribution in [-0.4, -0.2) is 28.4 Å². The molecule has 0 spiro atoms. The molecule has 0 aliphatic carbocycles. The fourth-order valence-corrected chi connectivity index (χ4v) is 3.93. The van der Waals surface area contributed by atoms with Crippen molar-refractivity contribution in [2.75, 3.05) is 17.2 Å². The second-order valence-electron chi connectivity index (χ2n) is 6.33. The van der Waals surface area contributed by atoms with Gasteiger partial charge in [-0.3, -0.25) is 10.1 Å². The molecule has 3 heterocycles. The van der Waals surface area contributed by atoms with Crippen LogP contribution in [-0.2, 0) is 13.0 Å². The van der Waals surface area contributed by atoms with Gasteiger partial charge in [0.05, 0.1) is 24.1 Å². The molecule has 2 aromatic heterocycles. The van der Waals surface area contributed by atoms with Gasteiger partial charge >= 0.3 is 6.03 Å². The summed E-state index contributed by atoms with van der Waals surface area (Å²) in [4.78, 5) is 31.9. The van der Waals surface area contributed by atoms with Gasteiger partial charge in [0, 0.05) is 23.5 Å². The van der Waals surface area contributed by atoms with Gasteiger partial charge in [-0.1, -0.05) is 23.5 Å². The molecule has 27 heavy (non-hydrogen) atoms. The Kier molecular flexibility index (Phi) is 4.64. The molecular formula is C19H18N4O3S. The molecule has 0 bridgehead atoms. The number of rotatable bonds is 3. The van der Waals surface area contributed by atoms with E-state index in [1.54, 1.807) is 11.0 Å². The number of nitrogens with one attached hydrogen (secondary N) is 2. The number of amides is 3. The summed E-state index contributed by atoms with van der Waals surface area (Å²) < 4.78 is 4.92. The van der Waals surface area contributed by atoms with E-state index in [-0.39, 0.29) is 11.9 Å². The highest BCUT2D eigenvalue weighted by Crippen LogP contribution is 2.29. The smallest absolute Gasteiger partial charge is 0.322 e. The fraction of sp³-hybridized carbons (Fsp3) is 0.211. The zero-order chi connectivity index (χ0) is 18.8. The van der Waals surface area contributed by atoms with E-state index in [4.69, 9.17) is 4.42 Å². The highest BCUT2D eigenvalue weighted by Gasteiger charge is 2.25. The molecule has 2 N–H and O–H groups in total. The van der Waals surface area contributed by atoms with Crippen LogP contribution in [0.4, 0.5) is 15.6 Å². The fourth-order valence-electron chi connectivity index (χ4n) is 2.91. The number of nitrogens with zero attached hydrogens (tertiary/aromatic N) is 2. The van der Waals surface area contributed by atoms with E-state index in [1.165, 1.54) is 23.9 Å². The lowest BCUT2D eigenvalue weighted by molar-refractivity contribution is 0.102. The SMILES string of the molecule is Cc1cccc(NC(=O)N2CCc3nc(NC(=O)c4ccoc4)sc3C2)c1. The molecule has 0 saturated heterocycles. The van der Waals surface area contributed by atoms with Crippen molar-refractivity contribution in [1.82, 2.24) is 9.88 Å². The van der Waals surface area contributed by atoms with Crippen LogP contribution in [0.5, 0.6) is 0 Å². The highest BCUT2D eigenvalue weighted by molar-refractivity contribution is 7.15. The minimum absolute atomic E-state index is 0.136. The number of thiazole rings is 1. The van der Waals surface area contributed by atoms with Gasteiger partial charge in [0.25, 0.3) is 5.91 Å². The molecule has 0 radical (unpaired) electrons. The molecule has 1 aliphatic rings. The third-order valence-electron chi connectivity index (χ3n) is 4.29. The van der Waals surface area contributed by atoms with Crippen molar-refractivity contribution in [3.8, 4) is 0 Å². The van der Waals surface area contributed by atoms with Crippen molar-refractivity contribution in [3.63, 3.8) is 0 Å².